The quantitative estimate of drug-likeness (QED) is 0.560. The summed E-state index contributed by atoms with van der Waals surface area (Å²) in [6.45, 7) is 1.66. The second-order valence-corrected chi connectivity index (χ2v) is 5.13. The van der Waals surface area contributed by atoms with Gasteiger partial charge in [-0.05, 0) is 30.7 Å². The Balaban J connectivity index is 2.04. The van der Waals surface area contributed by atoms with E-state index in [1.54, 1.807) is 0 Å². The fraction of sp³-hybridized carbons (Fsp3) is 0.294. The second kappa shape index (κ2) is 8.18. The number of aryl methyl sites for hydroxylation is 1. The normalized spacial score (nSPS) is 10.4. The molecule has 0 spiro atoms. The van der Waals surface area contributed by atoms with Crippen molar-refractivity contribution in [1.29, 1.82) is 0 Å². The molecule has 8 heteroatoms. The number of rotatable bonds is 7. The van der Waals surface area contributed by atoms with Crippen LogP contribution in [0.15, 0.2) is 35.1 Å². The number of nitrogens with zero attached hydrogens (tertiary/aromatic N) is 2. The maximum atomic E-state index is 13.6. The van der Waals surface area contributed by atoms with Crippen molar-refractivity contribution in [3.05, 3.63) is 57.8 Å². The van der Waals surface area contributed by atoms with E-state index in [4.69, 9.17) is 9.47 Å². The largest absolute Gasteiger partial charge is 0.494 e. The zero-order valence-electron chi connectivity index (χ0n) is 13.8. The van der Waals surface area contributed by atoms with Gasteiger partial charge in [-0.15, -0.1) is 0 Å². The zero-order chi connectivity index (χ0) is 18.4. The highest BCUT2D eigenvalue weighted by atomic mass is 19.1. The first-order valence-electron chi connectivity index (χ1n) is 7.58. The molecule has 0 saturated heterocycles. The van der Waals surface area contributed by atoms with Gasteiger partial charge in [0.2, 0.25) is 0 Å². The number of ether oxygens (including phenoxy) is 2. The number of benzene rings is 1. The fourth-order valence-corrected chi connectivity index (χ4v) is 2.06. The number of methoxy groups -OCH3 is 1. The first-order chi connectivity index (χ1) is 12.0. The van der Waals surface area contributed by atoms with E-state index in [1.165, 1.54) is 31.4 Å². The third-order valence-electron chi connectivity index (χ3n) is 3.32. The van der Waals surface area contributed by atoms with E-state index < -0.39 is 24.2 Å². The Morgan fingerprint density at radius 2 is 2.00 bits per heavy atom. The molecule has 1 heterocycles. The van der Waals surface area contributed by atoms with Gasteiger partial charge < -0.3 is 9.47 Å². The van der Waals surface area contributed by atoms with Crippen molar-refractivity contribution in [3.63, 3.8) is 0 Å². The van der Waals surface area contributed by atoms with Crippen LogP contribution in [0.2, 0.25) is 0 Å². The third-order valence-corrected chi connectivity index (χ3v) is 3.32. The number of hydrogen-bond acceptors (Lipinski definition) is 6. The average molecular weight is 348 g/mol. The molecule has 0 saturated carbocycles. The van der Waals surface area contributed by atoms with E-state index in [2.05, 4.69) is 5.10 Å². The predicted molar refractivity (Wildman–Crippen MR) is 86.4 cm³/mol. The van der Waals surface area contributed by atoms with Crippen molar-refractivity contribution < 1.29 is 23.5 Å². The molecule has 1 aromatic heterocycles. The van der Waals surface area contributed by atoms with E-state index in [1.807, 2.05) is 6.92 Å². The lowest BCUT2D eigenvalue weighted by Gasteiger charge is -2.07. The molecule has 2 aromatic rings. The summed E-state index contributed by atoms with van der Waals surface area (Å²) in [4.78, 5) is 35.5. The van der Waals surface area contributed by atoms with Gasteiger partial charge >= 0.3 is 5.97 Å². The molecule has 0 unspecified atom stereocenters. The first-order valence-corrected chi connectivity index (χ1v) is 7.58. The second-order valence-electron chi connectivity index (χ2n) is 5.13. The molecule has 25 heavy (non-hydrogen) atoms. The Hall–Kier alpha value is -3.03. The summed E-state index contributed by atoms with van der Waals surface area (Å²) >= 11 is 0. The van der Waals surface area contributed by atoms with Crippen molar-refractivity contribution in [2.75, 3.05) is 13.7 Å². The van der Waals surface area contributed by atoms with Crippen LogP contribution >= 0.6 is 0 Å². The molecule has 0 aliphatic carbocycles. The topological polar surface area (TPSA) is 87.5 Å². The molecule has 0 radical (unpaired) electrons. The minimum Gasteiger partial charge on any atom is -0.494 e. The lowest BCUT2D eigenvalue weighted by molar-refractivity contribution is 0.0466. The zero-order valence-corrected chi connectivity index (χ0v) is 13.8. The highest BCUT2D eigenvalue weighted by Crippen LogP contribution is 2.18. The fourth-order valence-electron chi connectivity index (χ4n) is 2.06. The van der Waals surface area contributed by atoms with E-state index in [0.29, 0.717) is 13.0 Å². The Kier molecular flexibility index (Phi) is 5.99. The molecule has 0 fully saturated rings. The molecule has 0 bridgehead atoms. The third kappa shape index (κ3) is 4.50. The van der Waals surface area contributed by atoms with Gasteiger partial charge in [0.05, 0.1) is 7.11 Å². The number of ketones is 1. The van der Waals surface area contributed by atoms with Crippen LogP contribution in [0.25, 0.3) is 0 Å². The number of halogens is 1. The summed E-state index contributed by atoms with van der Waals surface area (Å²) in [6.07, 6.45) is 0.674. The molecule has 0 atom stereocenters. The molecule has 0 N–H and O–H groups in total. The minimum atomic E-state index is -0.841. The van der Waals surface area contributed by atoms with E-state index in [-0.39, 0.29) is 22.6 Å². The summed E-state index contributed by atoms with van der Waals surface area (Å²) < 4.78 is 24.4. The van der Waals surface area contributed by atoms with Crippen LogP contribution in [0, 0.1) is 5.82 Å². The summed E-state index contributed by atoms with van der Waals surface area (Å²) in [5.74, 6) is -2.09. The molecule has 0 aliphatic rings. The van der Waals surface area contributed by atoms with Gasteiger partial charge in [0.1, 0.15) is 0 Å². The van der Waals surface area contributed by atoms with Crippen LogP contribution in [0.5, 0.6) is 5.75 Å². The van der Waals surface area contributed by atoms with Gasteiger partial charge in [0.15, 0.2) is 29.7 Å². The van der Waals surface area contributed by atoms with Crippen LogP contribution < -0.4 is 10.3 Å². The lowest BCUT2D eigenvalue weighted by Crippen LogP contribution is -2.25. The van der Waals surface area contributed by atoms with Crippen molar-refractivity contribution >= 4 is 11.8 Å². The first kappa shape index (κ1) is 18.3. The minimum absolute atomic E-state index is 0.0101. The number of aromatic nitrogens is 2. The van der Waals surface area contributed by atoms with Crippen LogP contribution in [-0.2, 0) is 11.3 Å². The Morgan fingerprint density at radius 1 is 1.24 bits per heavy atom. The van der Waals surface area contributed by atoms with E-state index in [0.717, 1.165) is 10.7 Å². The standard InChI is InChI=1S/C17H17FN2O5/c1-3-8-20-16(22)7-5-13(19-20)17(23)25-10-14(21)11-4-6-15(24-2)12(18)9-11/h4-7,9H,3,8,10H2,1-2H3. The predicted octanol–water partition coefficient (Wildman–Crippen LogP) is 1.84. The van der Waals surface area contributed by atoms with Crippen LogP contribution in [0.4, 0.5) is 4.39 Å². The number of carbonyl (C=O) groups excluding carboxylic acids is 2. The Bertz CT molecular complexity index is 847. The molecule has 132 valence electrons. The lowest BCUT2D eigenvalue weighted by atomic mass is 10.1. The molecule has 2 rings (SSSR count). The van der Waals surface area contributed by atoms with Gasteiger partial charge in [-0.25, -0.2) is 13.9 Å². The van der Waals surface area contributed by atoms with Crippen molar-refractivity contribution in [1.82, 2.24) is 9.78 Å². The van der Waals surface area contributed by atoms with Gasteiger partial charge in [-0.1, -0.05) is 6.92 Å². The van der Waals surface area contributed by atoms with Crippen molar-refractivity contribution in [2.45, 2.75) is 19.9 Å². The Labute approximate surface area is 143 Å². The number of Topliss-reactive ketones (excluding diaryl/α,β-unsaturated/α-hetero) is 1. The maximum absolute atomic E-state index is 13.6. The summed E-state index contributed by atoms with van der Waals surface area (Å²) in [5, 5.41) is 3.89. The highest BCUT2D eigenvalue weighted by molar-refractivity contribution is 5.99. The van der Waals surface area contributed by atoms with Crippen molar-refractivity contribution in [2.24, 2.45) is 0 Å². The molecular formula is C17H17FN2O5. The molecule has 0 aliphatic heterocycles. The highest BCUT2D eigenvalue weighted by Gasteiger charge is 2.15. The molecule has 1 aromatic carbocycles. The van der Waals surface area contributed by atoms with Gasteiger partial charge in [0, 0.05) is 18.2 Å². The molecule has 0 amide bonds. The van der Waals surface area contributed by atoms with Gasteiger partial charge in [0.25, 0.3) is 5.56 Å². The molecule has 7 nitrogen and oxygen atoms in total. The smallest absolute Gasteiger partial charge is 0.359 e. The van der Waals surface area contributed by atoms with Crippen molar-refractivity contribution in [3.8, 4) is 5.75 Å². The number of carbonyl (C=O) groups is 2. The maximum Gasteiger partial charge on any atom is 0.359 e. The summed E-state index contributed by atoms with van der Waals surface area (Å²) in [6, 6.07) is 6.13. The Morgan fingerprint density at radius 3 is 2.64 bits per heavy atom. The van der Waals surface area contributed by atoms with Crippen LogP contribution in [0.3, 0.4) is 0 Å². The average Bonchev–Trinajstić information content (AvgIpc) is 2.61. The van der Waals surface area contributed by atoms with Gasteiger partial charge in [-0.3, -0.25) is 9.59 Å². The van der Waals surface area contributed by atoms with E-state index in [9.17, 15) is 18.8 Å². The molecular weight excluding hydrogens is 331 g/mol. The monoisotopic (exact) mass is 348 g/mol. The van der Waals surface area contributed by atoms with Crippen LogP contribution in [-0.4, -0.2) is 35.2 Å². The van der Waals surface area contributed by atoms with Gasteiger partial charge in [-0.2, -0.15) is 5.10 Å². The number of esters is 1. The van der Waals surface area contributed by atoms with Crippen LogP contribution in [0.1, 0.15) is 34.2 Å². The summed E-state index contributed by atoms with van der Waals surface area (Å²) in [5.41, 5.74) is -0.361. The number of hydrogen-bond donors (Lipinski definition) is 0. The summed E-state index contributed by atoms with van der Waals surface area (Å²) in [7, 11) is 1.31. The SMILES string of the molecule is CCCn1nc(C(=O)OCC(=O)c2ccc(OC)c(F)c2)ccc1=O. The van der Waals surface area contributed by atoms with E-state index >= 15 is 0 Å².